The molecule has 0 radical (unpaired) electrons. The van der Waals surface area contributed by atoms with Crippen LogP contribution in [-0.2, 0) is 23.7 Å². The number of likely N-dealkylation sites (N-methyl/N-ethyl adjacent to an activating group) is 1. The van der Waals surface area contributed by atoms with Crippen molar-refractivity contribution in [2.45, 2.75) is 129 Å². The molecule has 2 aliphatic carbocycles. The van der Waals surface area contributed by atoms with E-state index in [1.165, 1.54) is 14.0 Å². The third-order valence-electron chi connectivity index (χ3n) is 9.25. The fraction of sp³-hybridized carbons (Fsp3) is 0.963. The third-order valence-corrected chi connectivity index (χ3v) is 9.25. The van der Waals surface area contributed by atoms with Crippen LogP contribution in [0.5, 0.6) is 0 Å². The summed E-state index contributed by atoms with van der Waals surface area (Å²) in [5.41, 5.74) is 14.5. The lowest BCUT2D eigenvalue weighted by Crippen LogP contribution is -2.71. The summed E-state index contributed by atoms with van der Waals surface area (Å²) < 4.78 is 23.4. The summed E-state index contributed by atoms with van der Waals surface area (Å²) in [6.45, 7) is 2.30. The number of nitrogens with two attached hydrogens (primary N) is 3. The number of amides is 1. The molecule has 18 nitrogen and oxygen atoms in total. The van der Waals surface area contributed by atoms with Crippen LogP contribution < -0.4 is 33.2 Å². The summed E-state index contributed by atoms with van der Waals surface area (Å²) >= 11 is 0. The van der Waals surface area contributed by atoms with Crippen LogP contribution in [0.2, 0.25) is 0 Å². The highest BCUT2D eigenvalue weighted by molar-refractivity contribution is 5.86. The van der Waals surface area contributed by atoms with Crippen LogP contribution >= 0.6 is 0 Å². The lowest BCUT2D eigenvalue weighted by Gasteiger charge is -2.50. The average molecular weight is 653 g/mol. The van der Waals surface area contributed by atoms with Crippen molar-refractivity contribution >= 4 is 5.91 Å². The maximum absolute atomic E-state index is 13.1. The van der Waals surface area contributed by atoms with Crippen molar-refractivity contribution < 1.29 is 59.5 Å². The zero-order valence-electron chi connectivity index (χ0n) is 25.6. The van der Waals surface area contributed by atoms with Crippen LogP contribution in [0.1, 0.15) is 32.6 Å². The fourth-order valence-corrected chi connectivity index (χ4v) is 6.58. The second kappa shape index (κ2) is 14.9. The zero-order chi connectivity index (χ0) is 33.3. The van der Waals surface area contributed by atoms with Crippen molar-refractivity contribution in [3.05, 3.63) is 0 Å². The van der Waals surface area contributed by atoms with Crippen LogP contribution in [0, 0.1) is 0 Å². The number of nitrogens with one attached hydrogen (secondary N) is 3. The Morgan fingerprint density at radius 3 is 2.24 bits per heavy atom. The standard InChI is InChI=1S/C27H52N6O12/c1-26(40)10-42-23(19(38)22(26)31-2)45-21-13(33-25(39)27(41)7-11(29)8-27)6-12(30)20(18(21)37)44-24-17(36)16(35)15(34)14(43-24)9-32-5-3-4-28/h11-24,31-32,34-38,40-41H,3-10,28-30H2,1-2H3,(H,33,39)/t11?,12-,13+,14+,15+,16-,17+,18-,19+,20?,21-,22+,23+,24+,26-,27?/m0/s1. The van der Waals surface area contributed by atoms with Crippen molar-refractivity contribution in [1.82, 2.24) is 16.0 Å². The molecule has 0 bridgehead atoms. The molecular formula is C27H52N6O12. The van der Waals surface area contributed by atoms with Gasteiger partial charge in [0.2, 0.25) is 0 Å². The van der Waals surface area contributed by atoms with Crippen molar-refractivity contribution in [3.63, 3.8) is 0 Å². The summed E-state index contributed by atoms with van der Waals surface area (Å²) in [5.74, 6) is -0.740. The first-order chi connectivity index (χ1) is 21.1. The zero-order valence-corrected chi connectivity index (χ0v) is 25.6. The van der Waals surface area contributed by atoms with E-state index in [-0.39, 0.29) is 38.5 Å². The molecule has 4 fully saturated rings. The predicted molar refractivity (Wildman–Crippen MR) is 155 cm³/mol. The van der Waals surface area contributed by atoms with E-state index in [4.69, 9.17) is 36.1 Å². The molecule has 4 rings (SSSR count). The lowest BCUT2D eigenvalue weighted by molar-refractivity contribution is -0.331. The highest BCUT2D eigenvalue weighted by Gasteiger charge is 2.55. The molecule has 0 aromatic carbocycles. The van der Waals surface area contributed by atoms with Crippen molar-refractivity contribution in [3.8, 4) is 0 Å². The van der Waals surface area contributed by atoms with Gasteiger partial charge in [-0.05, 0) is 39.9 Å². The van der Waals surface area contributed by atoms with Gasteiger partial charge >= 0.3 is 0 Å². The molecule has 14 atom stereocenters. The maximum atomic E-state index is 13.1. The van der Waals surface area contributed by atoms with Crippen molar-refractivity contribution in [2.75, 3.05) is 33.3 Å². The van der Waals surface area contributed by atoms with Gasteiger partial charge in [-0.3, -0.25) is 4.79 Å². The Morgan fingerprint density at radius 2 is 1.62 bits per heavy atom. The van der Waals surface area contributed by atoms with Gasteiger partial charge in [-0.2, -0.15) is 0 Å². The first-order valence-corrected chi connectivity index (χ1v) is 15.5. The summed E-state index contributed by atoms with van der Waals surface area (Å²) in [6.07, 6.45) is -13.7. The van der Waals surface area contributed by atoms with Crippen molar-refractivity contribution in [1.29, 1.82) is 0 Å². The smallest absolute Gasteiger partial charge is 0.252 e. The van der Waals surface area contributed by atoms with Crippen LogP contribution in [0.25, 0.3) is 0 Å². The summed E-state index contributed by atoms with van der Waals surface area (Å²) in [7, 11) is 1.54. The summed E-state index contributed by atoms with van der Waals surface area (Å²) in [4.78, 5) is 13.1. The number of aliphatic hydroxyl groups excluding tert-OH is 5. The SMILES string of the molecule is CN[C@@H]1[C@@H](O)[C@@H](O[C@H]2[C@H](NC(=O)C3(O)CC(N)C3)C[C@H](N)C(O[C@H]3O[C@H](CNCCCN)[C@@H](O)[C@H](O)[C@H]3O)[C@@H]2O)OC[C@]1(C)O. The largest absolute Gasteiger partial charge is 0.388 e. The van der Waals surface area contributed by atoms with Crippen LogP contribution in [0.4, 0.5) is 0 Å². The fourth-order valence-electron chi connectivity index (χ4n) is 6.58. The molecule has 1 amide bonds. The molecule has 0 spiro atoms. The molecular weight excluding hydrogens is 600 g/mol. The first-order valence-electron chi connectivity index (χ1n) is 15.5. The molecule has 45 heavy (non-hydrogen) atoms. The average Bonchev–Trinajstić information content (AvgIpc) is 2.96. The minimum atomic E-state index is -1.71. The molecule has 262 valence electrons. The molecule has 1 unspecified atom stereocenters. The number of hydrogen-bond donors (Lipinski definition) is 13. The molecule has 2 heterocycles. The van der Waals surface area contributed by atoms with Crippen LogP contribution in [0.15, 0.2) is 0 Å². The third kappa shape index (κ3) is 7.94. The molecule has 18 heteroatoms. The van der Waals surface area contributed by atoms with Gasteiger partial charge in [0.15, 0.2) is 12.6 Å². The van der Waals surface area contributed by atoms with Crippen LogP contribution in [-0.4, -0.2) is 172 Å². The molecule has 2 saturated heterocycles. The Morgan fingerprint density at radius 1 is 0.956 bits per heavy atom. The first kappa shape index (κ1) is 36.7. The number of carbonyl (C=O) groups excluding carboxylic acids is 1. The molecule has 0 aromatic heterocycles. The Kier molecular flexibility index (Phi) is 12.2. The highest BCUT2D eigenvalue weighted by atomic mass is 16.7. The Hall–Kier alpha value is -1.17. The number of ether oxygens (including phenoxy) is 4. The normalized spacial score (nSPS) is 48.9. The summed E-state index contributed by atoms with van der Waals surface area (Å²) in [6, 6.07) is -3.24. The summed E-state index contributed by atoms with van der Waals surface area (Å²) in [5, 5.41) is 84.2. The van der Waals surface area contributed by atoms with Gasteiger partial charge in [0.25, 0.3) is 5.91 Å². The predicted octanol–water partition coefficient (Wildman–Crippen LogP) is -7.01. The maximum Gasteiger partial charge on any atom is 0.252 e. The Labute approximate surface area is 261 Å². The highest BCUT2D eigenvalue weighted by Crippen LogP contribution is 2.35. The van der Waals surface area contributed by atoms with Crippen LogP contribution in [0.3, 0.4) is 0 Å². The van der Waals surface area contributed by atoms with Gasteiger partial charge in [-0.15, -0.1) is 0 Å². The minimum Gasteiger partial charge on any atom is -0.388 e. The van der Waals surface area contributed by atoms with E-state index in [1.54, 1.807) is 0 Å². The van der Waals surface area contributed by atoms with E-state index in [0.717, 1.165) is 0 Å². The van der Waals surface area contributed by atoms with E-state index >= 15 is 0 Å². The van der Waals surface area contributed by atoms with Gasteiger partial charge in [0, 0.05) is 31.5 Å². The molecule has 2 aliphatic heterocycles. The molecule has 16 N–H and O–H groups in total. The number of hydrogen-bond acceptors (Lipinski definition) is 17. The van der Waals surface area contributed by atoms with E-state index < -0.39 is 96.6 Å². The lowest BCUT2D eigenvalue weighted by atomic mass is 9.75. The van der Waals surface area contributed by atoms with Gasteiger partial charge in [0.05, 0.1) is 18.7 Å². The van der Waals surface area contributed by atoms with Gasteiger partial charge in [-0.1, -0.05) is 0 Å². The van der Waals surface area contributed by atoms with E-state index in [2.05, 4.69) is 16.0 Å². The number of rotatable bonds is 12. The molecule has 0 aromatic rings. The molecule has 4 aliphatic rings. The van der Waals surface area contributed by atoms with Gasteiger partial charge in [-0.25, -0.2) is 0 Å². The van der Waals surface area contributed by atoms with Crippen molar-refractivity contribution in [2.24, 2.45) is 17.2 Å². The van der Waals surface area contributed by atoms with Gasteiger partial charge < -0.3 is 87.8 Å². The van der Waals surface area contributed by atoms with Gasteiger partial charge in [0.1, 0.15) is 60.0 Å². The quantitative estimate of drug-likeness (QED) is 0.0871. The second-order valence-corrected chi connectivity index (χ2v) is 13.0. The van der Waals surface area contributed by atoms with E-state index in [1.807, 2.05) is 0 Å². The Bertz CT molecular complexity index is 979. The Balaban J connectivity index is 1.53. The number of carbonyl (C=O) groups is 1. The van der Waals surface area contributed by atoms with E-state index in [0.29, 0.717) is 19.5 Å². The number of aliphatic hydroxyl groups is 7. The molecule has 2 saturated carbocycles. The monoisotopic (exact) mass is 652 g/mol. The second-order valence-electron chi connectivity index (χ2n) is 13.0. The van der Waals surface area contributed by atoms with E-state index in [9.17, 15) is 40.5 Å². The minimum absolute atomic E-state index is 0.0358. The topological polar surface area (TPSA) is 310 Å².